The zero-order valence-corrected chi connectivity index (χ0v) is 18.6. The number of esters is 1. The molecule has 0 saturated carbocycles. The van der Waals surface area contributed by atoms with Crippen molar-refractivity contribution in [1.29, 1.82) is 0 Å². The Morgan fingerprint density at radius 1 is 1.19 bits per heavy atom. The quantitative estimate of drug-likeness (QED) is 0.174. The van der Waals surface area contributed by atoms with Gasteiger partial charge in [-0.3, -0.25) is 4.57 Å². The molecule has 0 aliphatic carbocycles. The van der Waals surface area contributed by atoms with Crippen molar-refractivity contribution in [2.24, 2.45) is 0 Å². The highest BCUT2D eigenvalue weighted by molar-refractivity contribution is 7.98. The largest absolute Gasteiger partial charge is 0.463 e. The first kappa shape index (κ1) is 24.0. The average molecular weight is 418 g/mol. The van der Waals surface area contributed by atoms with Gasteiger partial charge in [-0.2, -0.15) is 11.8 Å². The number of carbonyl (C=O) groups excluding carboxylic acids is 1. The second-order valence-electron chi connectivity index (χ2n) is 5.71. The fourth-order valence-electron chi connectivity index (χ4n) is 2.31. The first-order valence-corrected chi connectivity index (χ1v) is 12.1. The lowest BCUT2D eigenvalue weighted by atomic mass is 10.2. The minimum absolute atomic E-state index is 0.0950. The van der Waals surface area contributed by atoms with E-state index in [4.69, 9.17) is 18.2 Å². The van der Waals surface area contributed by atoms with Crippen molar-refractivity contribution in [3.05, 3.63) is 29.2 Å². The Bertz CT molecular complexity index is 657. The van der Waals surface area contributed by atoms with Crippen molar-refractivity contribution in [3.63, 3.8) is 0 Å². The maximum atomic E-state index is 13.3. The lowest BCUT2D eigenvalue weighted by Crippen LogP contribution is -2.04. The van der Waals surface area contributed by atoms with Gasteiger partial charge in [0.05, 0.1) is 19.8 Å². The SMILES string of the molecule is CCCCSCc1cc(C(=CC(=O)OCC)P(=O)(OCC)OCC)oc1C. The van der Waals surface area contributed by atoms with Gasteiger partial charge >= 0.3 is 13.6 Å². The zero-order valence-electron chi connectivity index (χ0n) is 16.9. The van der Waals surface area contributed by atoms with Gasteiger partial charge in [0.2, 0.25) is 0 Å². The van der Waals surface area contributed by atoms with E-state index >= 15 is 0 Å². The van der Waals surface area contributed by atoms with Gasteiger partial charge in [0, 0.05) is 17.4 Å². The molecule has 154 valence electrons. The molecule has 1 aromatic heterocycles. The highest BCUT2D eigenvalue weighted by atomic mass is 32.2. The molecule has 6 nitrogen and oxygen atoms in total. The summed E-state index contributed by atoms with van der Waals surface area (Å²) in [5, 5.41) is 0.0950. The number of carbonyl (C=O) groups is 1. The average Bonchev–Trinajstić information content (AvgIpc) is 2.97. The van der Waals surface area contributed by atoms with Crippen LogP contribution >= 0.6 is 19.4 Å². The van der Waals surface area contributed by atoms with Crippen LogP contribution < -0.4 is 0 Å². The fourth-order valence-corrected chi connectivity index (χ4v) is 5.13. The minimum atomic E-state index is -3.71. The number of hydrogen-bond acceptors (Lipinski definition) is 7. The van der Waals surface area contributed by atoms with Crippen LogP contribution in [-0.2, 0) is 28.9 Å². The van der Waals surface area contributed by atoms with E-state index in [0.29, 0.717) is 5.76 Å². The van der Waals surface area contributed by atoms with Gasteiger partial charge in [-0.05, 0) is 45.9 Å². The monoisotopic (exact) mass is 418 g/mol. The third-order valence-corrected chi connectivity index (χ3v) is 6.84. The number of unbranched alkanes of at least 4 members (excludes halogenated alkanes) is 1. The summed E-state index contributed by atoms with van der Waals surface area (Å²) >= 11 is 1.82. The van der Waals surface area contributed by atoms with Gasteiger partial charge in [0.1, 0.15) is 16.8 Å². The topological polar surface area (TPSA) is 75.0 Å². The minimum Gasteiger partial charge on any atom is -0.463 e. The lowest BCUT2D eigenvalue weighted by molar-refractivity contribution is -0.137. The van der Waals surface area contributed by atoms with E-state index in [0.717, 1.165) is 41.7 Å². The molecule has 0 aliphatic rings. The van der Waals surface area contributed by atoms with E-state index in [-0.39, 0.29) is 25.1 Å². The molecule has 0 bridgehead atoms. The Kier molecular flexibility index (Phi) is 11.1. The third-order valence-electron chi connectivity index (χ3n) is 3.61. The molecule has 8 heteroatoms. The van der Waals surface area contributed by atoms with Crippen molar-refractivity contribution < 1.29 is 27.6 Å². The molecule has 0 amide bonds. The van der Waals surface area contributed by atoms with Gasteiger partial charge in [-0.15, -0.1) is 0 Å². The highest BCUT2D eigenvalue weighted by Crippen LogP contribution is 2.60. The Labute approximate surface area is 166 Å². The summed E-state index contributed by atoms with van der Waals surface area (Å²) in [7, 11) is -3.71. The van der Waals surface area contributed by atoms with Crippen molar-refractivity contribution >= 4 is 30.6 Å². The van der Waals surface area contributed by atoms with Crippen LogP contribution in [-0.4, -0.2) is 31.5 Å². The van der Waals surface area contributed by atoms with Crippen molar-refractivity contribution in [2.75, 3.05) is 25.6 Å². The van der Waals surface area contributed by atoms with Crippen LogP contribution in [0.2, 0.25) is 0 Å². The molecule has 0 spiro atoms. The maximum Gasteiger partial charge on any atom is 0.365 e. The van der Waals surface area contributed by atoms with Crippen LogP contribution in [0.3, 0.4) is 0 Å². The van der Waals surface area contributed by atoms with Crippen LogP contribution in [0, 0.1) is 6.92 Å². The third kappa shape index (κ3) is 7.49. The lowest BCUT2D eigenvalue weighted by Gasteiger charge is -2.18. The second-order valence-corrected chi connectivity index (χ2v) is 8.81. The van der Waals surface area contributed by atoms with Gasteiger partial charge in [0.15, 0.2) is 0 Å². The molecule has 1 aromatic rings. The van der Waals surface area contributed by atoms with Crippen molar-refractivity contribution in [3.8, 4) is 0 Å². The van der Waals surface area contributed by atoms with E-state index in [9.17, 15) is 9.36 Å². The summed E-state index contributed by atoms with van der Waals surface area (Å²) < 4.78 is 34.9. The molecule has 0 unspecified atom stereocenters. The van der Waals surface area contributed by atoms with E-state index in [2.05, 4.69) is 6.92 Å². The van der Waals surface area contributed by atoms with E-state index in [1.54, 1.807) is 20.8 Å². The van der Waals surface area contributed by atoms with E-state index in [1.807, 2.05) is 24.8 Å². The first-order valence-electron chi connectivity index (χ1n) is 9.37. The summed E-state index contributed by atoms with van der Waals surface area (Å²) in [5.74, 6) is 2.29. The van der Waals surface area contributed by atoms with Crippen LogP contribution in [0.4, 0.5) is 0 Å². The number of hydrogen-bond donors (Lipinski definition) is 0. The van der Waals surface area contributed by atoms with Gasteiger partial charge in [0.25, 0.3) is 0 Å². The molecule has 27 heavy (non-hydrogen) atoms. The molecule has 0 N–H and O–H groups in total. The van der Waals surface area contributed by atoms with Gasteiger partial charge < -0.3 is 18.2 Å². The molecular formula is C19H31O6PS. The van der Waals surface area contributed by atoms with Crippen LogP contribution in [0.1, 0.15) is 57.6 Å². The molecule has 1 rings (SSSR count). The number of rotatable bonds is 13. The van der Waals surface area contributed by atoms with Crippen molar-refractivity contribution in [2.45, 2.75) is 53.2 Å². The highest BCUT2D eigenvalue weighted by Gasteiger charge is 2.34. The van der Waals surface area contributed by atoms with Gasteiger partial charge in [-0.25, -0.2) is 4.79 Å². The first-order chi connectivity index (χ1) is 12.9. The standard InChI is InChI=1S/C19H31O6PS/c1-6-10-11-27-14-16-12-17(25-15(16)5)18(13-19(20)22-7-2)26(21,23-8-3)24-9-4/h12-13H,6-11,14H2,1-5H3. The van der Waals surface area contributed by atoms with Crippen molar-refractivity contribution in [1.82, 2.24) is 0 Å². The van der Waals surface area contributed by atoms with Crippen LogP contribution in [0.15, 0.2) is 16.6 Å². The number of furan rings is 1. The number of ether oxygens (including phenoxy) is 1. The fraction of sp³-hybridized carbons (Fsp3) is 0.632. The van der Waals surface area contributed by atoms with E-state index < -0.39 is 13.6 Å². The molecule has 0 radical (unpaired) electrons. The molecular weight excluding hydrogens is 387 g/mol. The van der Waals surface area contributed by atoms with E-state index in [1.165, 1.54) is 0 Å². The normalized spacial score (nSPS) is 12.4. The smallest absolute Gasteiger partial charge is 0.365 e. The molecule has 0 aromatic carbocycles. The number of thioether (sulfide) groups is 1. The summed E-state index contributed by atoms with van der Waals surface area (Å²) in [5.41, 5.74) is 1.00. The van der Waals surface area contributed by atoms with Crippen LogP contribution in [0.25, 0.3) is 5.31 Å². The molecule has 0 fully saturated rings. The Balaban J connectivity index is 3.23. The predicted molar refractivity (Wildman–Crippen MR) is 110 cm³/mol. The molecule has 0 aliphatic heterocycles. The Morgan fingerprint density at radius 2 is 1.85 bits per heavy atom. The Morgan fingerprint density at radius 3 is 2.41 bits per heavy atom. The summed E-state index contributed by atoms with van der Waals surface area (Å²) in [6.45, 7) is 9.73. The molecule has 1 heterocycles. The number of aryl methyl sites for hydroxylation is 1. The van der Waals surface area contributed by atoms with Gasteiger partial charge in [-0.1, -0.05) is 13.3 Å². The Hall–Kier alpha value is -1.01. The summed E-state index contributed by atoms with van der Waals surface area (Å²) in [4.78, 5) is 12.0. The summed E-state index contributed by atoms with van der Waals surface area (Å²) in [6.07, 6.45) is 3.47. The summed E-state index contributed by atoms with van der Waals surface area (Å²) in [6, 6.07) is 1.81. The maximum absolute atomic E-state index is 13.3. The predicted octanol–water partition coefficient (Wildman–Crippen LogP) is 5.79. The molecule has 0 atom stereocenters. The molecule has 0 saturated heterocycles. The zero-order chi connectivity index (χ0) is 20.3. The van der Waals surface area contributed by atoms with Crippen LogP contribution in [0.5, 0.6) is 0 Å². The second kappa shape index (κ2) is 12.4.